The predicted molar refractivity (Wildman–Crippen MR) is 69.8 cm³/mol. The second-order valence-electron chi connectivity index (χ2n) is 4.66. The fourth-order valence-corrected chi connectivity index (χ4v) is 1.93. The molecule has 20 heavy (non-hydrogen) atoms. The Morgan fingerprint density at radius 1 is 1.10 bits per heavy atom. The highest BCUT2D eigenvalue weighted by Gasteiger charge is 2.34. The van der Waals surface area contributed by atoms with Crippen LogP contribution in [0, 0.1) is 0 Å². The van der Waals surface area contributed by atoms with Gasteiger partial charge in [0.2, 0.25) is 0 Å². The van der Waals surface area contributed by atoms with Gasteiger partial charge in [-0.05, 0) is 5.56 Å². The molecule has 1 aromatic rings. The second-order valence-corrected chi connectivity index (χ2v) is 4.66. The highest BCUT2D eigenvalue weighted by molar-refractivity contribution is 5.13. The largest absolute Gasteiger partial charge is 0.388 e. The fraction of sp³-hybridized carbons (Fsp3) is 0.571. The van der Waals surface area contributed by atoms with Crippen LogP contribution in [0.5, 0.6) is 0 Å². The summed E-state index contributed by atoms with van der Waals surface area (Å²) in [5, 5.41) is 29.4. The van der Waals surface area contributed by atoms with Crippen LogP contribution in [0.4, 0.5) is 0 Å². The van der Waals surface area contributed by atoms with Crippen LogP contribution in [0.3, 0.4) is 0 Å². The minimum atomic E-state index is -1.38. The van der Waals surface area contributed by atoms with Gasteiger partial charge in [0.1, 0.15) is 18.3 Å². The zero-order valence-corrected chi connectivity index (χ0v) is 11.1. The number of aliphatic hydroxyl groups excluding tert-OH is 3. The van der Waals surface area contributed by atoms with Crippen molar-refractivity contribution in [2.45, 2.75) is 31.2 Å². The van der Waals surface area contributed by atoms with E-state index in [-0.39, 0.29) is 6.61 Å². The van der Waals surface area contributed by atoms with E-state index in [9.17, 15) is 15.3 Å². The van der Waals surface area contributed by atoms with Crippen molar-refractivity contribution in [2.24, 2.45) is 0 Å². The SMILES string of the molecule is O[C@H]([C@H](O)COCc1ccccc1)[C@@H](O)C1OCCO1. The third kappa shape index (κ3) is 4.24. The number of ether oxygens (including phenoxy) is 3. The van der Waals surface area contributed by atoms with E-state index in [2.05, 4.69) is 0 Å². The van der Waals surface area contributed by atoms with E-state index < -0.39 is 24.6 Å². The molecular weight excluding hydrogens is 264 g/mol. The molecule has 0 unspecified atom stereocenters. The van der Waals surface area contributed by atoms with Crippen molar-refractivity contribution >= 4 is 0 Å². The Balaban J connectivity index is 1.72. The van der Waals surface area contributed by atoms with Gasteiger partial charge in [-0.2, -0.15) is 0 Å². The zero-order chi connectivity index (χ0) is 14.4. The molecule has 3 N–H and O–H groups in total. The molecule has 0 aliphatic carbocycles. The monoisotopic (exact) mass is 284 g/mol. The van der Waals surface area contributed by atoms with Crippen molar-refractivity contribution in [1.29, 1.82) is 0 Å². The van der Waals surface area contributed by atoms with Crippen LogP contribution in [0.1, 0.15) is 5.56 Å². The molecule has 1 aromatic carbocycles. The minimum Gasteiger partial charge on any atom is -0.388 e. The number of aliphatic hydroxyl groups is 3. The topological polar surface area (TPSA) is 88.4 Å². The summed E-state index contributed by atoms with van der Waals surface area (Å²) in [6.07, 6.45) is -4.78. The Hall–Kier alpha value is -1.02. The Kier molecular flexibility index (Phi) is 5.90. The lowest BCUT2D eigenvalue weighted by molar-refractivity contribution is -0.181. The van der Waals surface area contributed by atoms with Crippen LogP contribution in [-0.2, 0) is 20.8 Å². The van der Waals surface area contributed by atoms with Crippen LogP contribution in [-0.4, -0.2) is 59.7 Å². The molecule has 2 rings (SSSR count). The van der Waals surface area contributed by atoms with E-state index in [1.165, 1.54) is 0 Å². The first-order valence-electron chi connectivity index (χ1n) is 6.57. The molecule has 0 aromatic heterocycles. The van der Waals surface area contributed by atoms with Gasteiger partial charge in [0.25, 0.3) is 0 Å². The van der Waals surface area contributed by atoms with E-state index in [1.807, 2.05) is 30.3 Å². The van der Waals surface area contributed by atoms with E-state index in [0.29, 0.717) is 19.8 Å². The highest BCUT2D eigenvalue weighted by atomic mass is 16.7. The van der Waals surface area contributed by atoms with Gasteiger partial charge >= 0.3 is 0 Å². The average molecular weight is 284 g/mol. The molecular formula is C14H20O6. The lowest BCUT2D eigenvalue weighted by Gasteiger charge is -2.25. The summed E-state index contributed by atoms with van der Waals surface area (Å²) in [5.41, 5.74) is 0.970. The van der Waals surface area contributed by atoms with Gasteiger partial charge in [0.15, 0.2) is 6.29 Å². The lowest BCUT2D eigenvalue weighted by atomic mass is 10.1. The Morgan fingerprint density at radius 2 is 1.75 bits per heavy atom. The van der Waals surface area contributed by atoms with Gasteiger partial charge in [0, 0.05) is 0 Å². The van der Waals surface area contributed by atoms with E-state index in [1.54, 1.807) is 0 Å². The molecule has 0 bridgehead atoms. The lowest BCUT2D eigenvalue weighted by Crippen LogP contribution is -2.46. The molecule has 6 nitrogen and oxygen atoms in total. The molecule has 3 atom stereocenters. The van der Waals surface area contributed by atoms with Crippen molar-refractivity contribution < 1.29 is 29.5 Å². The van der Waals surface area contributed by atoms with Crippen LogP contribution < -0.4 is 0 Å². The first-order valence-corrected chi connectivity index (χ1v) is 6.57. The highest BCUT2D eigenvalue weighted by Crippen LogP contribution is 2.14. The maximum absolute atomic E-state index is 9.80. The summed E-state index contributed by atoms with van der Waals surface area (Å²) in [4.78, 5) is 0. The molecule has 1 fully saturated rings. The standard InChI is InChI=1S/C14H20O6/c15-11(9-18-8-10-4-2-1-3-5-10)12(16)13(17)14-19-6-7-20-14/h1-5,11-17H,6-9H2/t11-,12-,13-/m1/s1. The van der Waals surface area contributed by atoms with Crippen LogP contribution in [0.15, 0.2) is 30.3 Å². The molecule has 0 radical (unpaired) electrons. The summed E-state index contributed by atoms with van der Waals surface area (Å²) >= 11 is 0. The van der Waals surface area contributed by atoms with Crippen LogP contribution in [0.2, 0.25) is 0 Å². The molecule has 0 spiro atoms. The first kappa shape index (κ1) is 15.4. The summed E-state index contributed by atoms with van der Waals surface area (Å²) in [6, 6.07) is 9.49. The van der Waals surface area contributed by atoms with E-state index >= 15 is 0 Å². The Labute approximate surface area is 117 Å². The van der Waals surface area contributed by atoms with Gasteiger partial charge in [-0.1, -0.05) is 30.3 Å². The minimum absolute atomic E-state index is 0.0835. The predicted octanol–water partition coefficient (Wildman–Crippen LogP) is -0.341. The fourth-order valence-electron chi connectivity index (χ4n) is 1.93. The molecule has 0 saturated carbocycles. The molecule has 0 amide bonds. The average Bonchev–Trinajstić information content (AvgIpc) is 3.01. The number of hydrogen-bond donors (Lipinski definition) is 3. The maximum atomic E-state index is 9.80. The van der Waals surface area contributed by atoms with E-state index in [4.69, 9.17) is 14.2 Å². The molecule has 1 aliphatic heterocycles. The number of hydrogen-bond acceptors (Lipinski definition) is 6. The third-order valence-corrected chi connectivity index (χ3v) is 3.07. The van der Waals surface area contributed by atoms with E-state index in [0.717, 1.165) is 5.56 Å². The van der Waals surface area contributed by atoms with Crippen molar-refractivity contribution in [3.05, 3.63) is 35.9 Å². The van der Waals surface area contributed by atoms with Crippen molar-refractivity contribution in [2.75, 3.05) is 19.8 Å². The van der Waals surface area contributed by atoms with Gasteiger partial charge in [-0.3, -0.25) is 0 Å². The van der Waals surface area contributed by atoms with Gasteiger partial charge < -0.3 is 29.5 Å². The molecule has 1 heterocycles. The number of rotatable bonds is 7. The maximum Gasteiger partial charge on any atom is 0.186 e. The summed E-state index contributed by atoms with van der Waals surface area (Å²) < 4.78 is 15.5. The quantitative estimate of drug-likeness (QED) is 0.635. The van der Waals surface area contributed by atoms with Crippen LogP contribution >= 0.6 is 0 Å². The van der Waals surface area contributed by atoms with Crippen molar-refractivity contribution in [3.63, 3.8) is 0 Å². The van der Waals surface area contributed by atoms with Crippen molar-refractivity contribution in [3.8, 4) is 0 Å². The summed E-state index contributed by atoms with van der Waals surface area (Å²) in [5.74, 6) is 0. The molecule has 6 heteroatoms. The summed E-state index contributed by atoms with van der Waals surface area (Å²) in [6.45, 7) is 0.987. The normalized spacial score (nSPS) is 20.8. The van der Waals surface area contributed by atoms with Crippen molar-refractivity contribution in [1.82, 2.24) is 0 Å². The molecule has 112 valence electrons. The van der Waals surface area contributed by atoms with Gasteiger partial charge in [-0.25, -0.2) is 0 Å². The smallest absolute Gasteiger partial charge is 0.186 e. The van der Waals surface area contributed by atoms with Gasteiger partial charge in [0.05, 0.1) is 26.4 Å². The second kappa shape index (κ2) is 7.68. The molecule has 1 aliphatic rings. The summed E-state index contributed by atoms with van der Waals surface area (Å²) in [7, 11) is 0. The Morgan fingerprint density at radius 3 is 2.40 bits per heavy atom. The third-order valence-electron chi connectivity index (χ3n) is 3.07. The Bertz CT molecular complexity index is 379. The zero-order valence-electron chi connectivity index (χ0n) is 11.1. The van der Waals surface area contributed by atoms with Gasteiger partial charge in [-0.15, -0.1) is 0 Å². The molecule has 1 saturated heterocycles. The number of benzene rings is 1. The first-order chi connectivity index (χ1) is 9.68. The van der Waals surface area contributed by atoms with Crippen LogP contribution in [0.25, 0.3) is 0 Å².